The van der Waals surface area contributed by atoms with Crippen LogP contribution in [0.2, 0.25) is 0 Å². The Labute approximate surface area is 99.3 Å². The van der Waals surface area contributed by atoms with Gasteiger partial charge in [-0.15, -0.1) is 11.3 Å². The van der Waals surface area contributed by atoms with E-state index in [9.17, 15) is 4.79 Å². The smallest absolute Gasteiger partial charge is 0.129 e. The third kappa shape index (κ3) is 2.61. The molecule has 2 aromatic rings. The molecule has 0 aliphatic rings. The van der Waals surface area contributed by atoms with E-state index >= 15 is 0 Å². The first-order valence-corrected chi connectivity index (χ1v) is 6.35. The standard InChI is InChI=1S/C13H15NOS/c1-10(15)5-4-8-14-12-9-16-13-7-3-2-6-11(12)13/h2-3,6-7,9,14H,4-5,8H2,1H3. The number of carbonyl (C=O) groups is 1. The summed E-state index contributed by atoms with van der Waals surface area (Å²) in [5, 5.41) is 6.79. The highest BCUT2D eigenvalue weighted by molar-refractivity contribution is 7.17. The number of nitrogens with one attached hydrogen (secondary N) is 1. The van der Waals surface area contributed by atoms with Crippen LogP contribution in [-0.4, -0.2) is 12.3 Å². The van der Waals surface area contributed by atoms with Crippen LogP contribution in [0.4, 0.5) is 5.69 Å². The molecule has 0 fully saturated rings. The molecular weight excluding hydrogens is 218 g/mol. The lowest BCUT2D eigenvalue weighted by Crippen LogP contribution is -2.02. The first-order chi connectivity index (χ1) is 7.77. The lowest BCUT2D eigenvalue weighted by molar-refractivity contribution is -0.117. The maximum atomic E-state index is 10.8. The van der Waals surface area contributed by atoms with Crippen LogP contribution in [0.25, 0.3) is 10.1 Å². The lowest BCUT2D eigenvalue weighted by Gasteiger charge is -2.03. The lowest BCUT2D eigenvalue weighted by atomic mass is 10.2. The van der Waals surface area contributed by atoms with Crippen molar-refractivity contribution < 1.29 is 4.79 Å². The first kappa shape index (κ1) is 11.1. The summed E-state index contributed by atoms with van der Waals surface area (Å²) in [7, 11) is 0. The number of rotatable bonds is 5. The van der Waals surface area contributed by atoms with Gasteiger partial charge in [0.25, 0.3) is 0 Å². The third-order valence-electron chi connectivity index (χ3n) is 2.50. The Bertz CT molecular complexity index is 489. The maximum absolute atomic E-state index is 10.8. The monoisotopic (exact) mass is 233 g/mol. The van der Waals surface area contributed by atoms with Gasteiger partial charge in [-0.05, 0) is 19.4 Å². The van der Waals surface area contributed by atoms with E-state index < -0.39 is 0 Å². The van der Waals surface area contributed by atoms with Crippen LogP contribution in [0, 0.1) is 0 Å². The zero-order valence-corrected chi connectivity index (χ0v) is 10.1. The third-order valence-corrected chi connectivity index (χ3v) is 3.47. The molecule has 2 nitrogen and oxygen atoms in total. The Kier molecular flexibility index (Phi) is 3.57. The van der Waals surface area contributed by atoms with Crippen molar-refractivity contribution in [3.05, 3.63) is 29.6 Å². The van der Waals surface area contributed by atoms with Gasteiger partial charge in [0.15, 0.2) is 0 Å². The van der Waals surface area contributed by atoms with Crippen molar-refractivity contribution in [3.8, 4) is 0 Å². The number of thiophene rings is 1. The van der Waals surface area contributed by atoms with E-state index in [1.807, 2.05) is 0 Å². The molecule has 0 saturated heterocycles. The van der Waals surface area contributed by atoms with Gasteiger partial charge in [-0.3, -0.25) is 0 Å². The number of fused-ring (bicyclic) bond motifs is 1. The minimum absolute atomic E-state index is 0.261. The SMILES string of the molecule is CC(=O)CCCNc1csc2ccccc12. The van der Waals surface area contributed by atoms with Gasteiger partial charge in [0.2, 0.25) is 0 Å². The molecule has 2 rings (SSSR count). The van der Waals surface area contributed by atoms with Crippen molar-refractivity contribution in [2.24, 2.45) is 0 Å². The second kappa shape index (κ2) is 5.12. The minimum Gasteiger partial charge on any atom is -0.384 e. The van der Waals surface area contributed by atoms with Gasteiger partial charge in [0, 0.05) is 28.4 Å². The van der Waals surface area contributed by atoms with Crippen LogP contribution in [0.1, 0.15) is 19.8 Å². The van der Waals surface area contributed by atoms with Crippen molar-refractivity contribution in [1.82, 2.24) is 0 Å². The van der Waals surface area contributed by atoms with Crippen LogP contribution < -0.4 is 5.32 Å². The molecule has 0 aliphatic heterocycles. The van der Waals surface area contributed by atoms with Crippen LogP contribution >= 0.6 is 11.3 Å². The predicted molar refractivity (Wildman–Crippen MR) is 70.2 cm³/mol. The predicted octanol–water partition coefficient (Wildman–Crippen LogP) is 3.68. The number of hydrogen-bond donors (Lipinski definition) is 1. The van der Waals surface area contributed by atoms with Crippen molar-refractivity contribution in [1.29, 1.82) is 0 Å². The van der Waals surface area contributed by atoms with E-state index in [1.165, 1.54) is 15.8 Å². The topological polar surface area (TPSA) is 29.1 Å². The second-order valence-electron chi connectivity index (χ2n) is 3.88. The fourth-order valence-corrected chi connectivity index (χ4v) is 2.59. The molecule has 0 amide bonds. The molecule has 0 bridgehead atoms. The highest BCUT2D eigenvalue weighted by Crippen LogP contribution is 2.29. The second-order valence-corrected chi connectivity index (χ2v) is 4.79. The van der Waals surface area contributed by atoms with E-state index in [1.54, 1.807) is 18.3 Å². The van der Waals surface area contributed by atoms with Crippen molar-refractivity contribution >= 4 is 32.9 Å². The highest BCUT2D eigenvalue weighted by Gasteiger charge is 2.02. The number of anilines is 1. The first-order valence-electron chi connectivity index (χ1n) is 5.47. The molecule has 0 radical (unpaired) electrons. The molecule has 0 saturated carbocycles. The number of hydrogen-bond acceptors (Lipinski definition) is 3. The summed E-state index contributed by atoms with van der Waals surface area (Å²) >= 11 is 1.75. The fraction of sp³-hybridized carbons (Fsp3) is 0.308. The van der Waals surface area contributed by atoms with E-state index in [0.29, 0.717) is 6.42 Å². The maximum Gasteiger partial charge on any atom is 0.129 e. The summed E-state index contributed by atoms with van der Waals surface area (Å²) in [4.78, 5) is 10.8. The quantitative estimate of drug-likeness (QED) is 0.798. The van der Waals surface area contributed by atoms with Gasteiger partial charge in [-0.1, -0.05) is 18.2 Å². The summed E-state index contributed by atoms with van der Waals surface area (Å²) < 4.78 is 1.30. The van der Waals surface area contributed by atoms with Gasteiger partial charge >= 0.3 is 0 Å². The minimum atomic E-state index is 0.261. The van der Waals surface area contributed by atoms with Crippen LogP contribution in [0.15, 0.2) is 29.6 Å². The fourth-order valence-electron chi connectivity index (χ4n) is 1.68. The summed E-state index contributed by atoms with van der Waals surface area (Å²) in [5.41, 5.74) is 1.18. The Morgan fingerprint density at radius 1 is 1.38 bits per heavy atom. The van der Waals surface area contributed by atoms with E-state index in [4.69, 9.17) is 0 Å². The van der Waals surface area contributed by atoms with Gasteiger partial charge < -0.3 is 10.1 Å². The molecule has 0 aliphatic carbocycles. The molecular formula is C13H15NOS. The zero-order valence-electron chi connectivity index (χ0n) is 9.32. The average molecular weight is 233 g/mol. The number of benzene rings is 1. The molecule has 0 spiro atoms. The van der Waals surface area contributed by atoms with Gasteiger partial charge in [-0.25, -0.2) is 0 Å². The molecule has 3 heteroatoms. The molecule has 1 N–H and O–H groups in total. The molecule has 0 unspecified atom stereocenters. The number of Topliss-reactive ketones (excluding diaryl/α,β-unsaturated/α-hetero) is 1. The van der Waals surface area contributed by atoms with Gasteiger partial charge in [0.05, 0.1) is 5.69 Å². The number of carbonyl (C=O) groups excluding carboxylic acids is 1. The summed E-state index contributed by atoms with van der Waals surface area (Å²) in [5.74, 6) is 0.261. The van der Waals surface area contributed by atoms with E-state index in [0.717, 1.165) is 13.0 Å². The van der Waals surface area contributed by atoms with E-state index in [2.05, 4.69) is 35.0 Å². The molecule has 1 aromatic heterocycles. The Morgan fingerprint density at radius 2 is 2.19 bits per heavy atom. The molecule has 0 atom stereocenters. The highest BCUT2D eigenvalue weighted by atomic mass is 32.1. The van der Waals surface area contributed by atoms with Gasteiger partial charge in [0.1, 0.15) is 5.78 Å². The Balaban J connectivity index is 1.97. The average Bonchev–Trinajstić information content (AvgIpc) is 2.68. The largest absolute Gasteiger partial charge is 0.384 e. The van der Waals surface area contributed by atoms with Crippen molar-refractivity contribution in [2.75, 3.05) is 11.9 Å². The molecule has 1 aromatic carbocycles. The van der Waals surface area contributed by atoms with Crippen molar-refractivity contribution in [2.45, 2.75) is 19.8 Å². The Morgan fingerprint density at radius 3 is 3.00 bits per heavy atom. The number of ketones is 1. The molecule has 1 heterocycles. The van der Waals surface area contributed by atoms with Crippen LogP contribution in [0.3, 0.4) is 0 Å². The van der Waals surface area contributed by atoms with Crippen LogP contribution in [-0.2, 0) is 4.79 Å². The van der Waals surface area contributed by atoms with Crippen LogP contribution in [0.5, 0.6) is 0 Å². The van der Waals surface area contributed by atoms with Crippen molar-refractivity contribution in [3.63, 3.8) is 0 Å². The Hall–Kier alpha value is -1.35. The zero-order chi connectivity index (χ0) is 11.4. The normalized spacial score (nSPS) is 10.6. The van der Waals surface area contributed by atoms with Gasteiger partial charge in [-0.2, -0.15) is 0 Å². The summed E-state index contributed by atoms with van der Waals surface area (Å²) in [6.07, 6.45) is 1.56. The van der Waals surface area contributed by atoms with E-state index in [-0.39, 0.29) is 5.78 Å². The molecule has 16 heavy (non-hydrogen) atoms. The molecule has 84 valence electrons. The summed E-state index contributed by atoms with van der Waals surface area (Å²) in [6, 6.07) is 8.36. The summed E-state index contributed by atoms with van der Waals surface area (Å²) in [6.45, 7) is 2.50.